The summed E-state index contributed by atoms with van der Waals surface area (Å²) < 4.78 is 0. The molecule has 8 nitrogen and oxygen atoms in total. The Balaban J connectivity index is 1.83. The summed E-state index contributed by atoms with van der Waals surface area (Å²) in [5, 5.41) is 7.66. The minimum atomic E-state index is -0.943. The monoisotopic (exact) mass is 445 g/mol. The number of primary amides is 1. The van der Waals surface area contributed by atoms with Gasteiger partial charge >= 0.3 is 6.03 Å². The zero-order valence-electron chi connectivity index (χ0n) is 18.7. The van der Waals surface area contributed by atoms with Crippen molar-refractivity contribution in [1.82, 2.24) is 10.6 Å². The van der Waals surface area contributed by atoms with E-state index in [0.29, 0.717) is 11.4 Å². The molecule has 1 unspecified atom stereocenters. The van der Waals surface area contributed by atoms with Crippen LogP contribution in [0.1, 0.15) is 11.1 Å². The molecule has 1 atom stereocenters. The van der Waals surface area contributed by atoms with E-state index in [9.17, 15) is 14.4 Å². The van der Waals surface area contributed by atoms with Crippen molar-refractivity contribution in [2.45, 2.75) is 19.5 Å². The van der Waals surface area contributed by atoms with Gasteiger partial charge in [-0.3, -0.25) is 14.5 Å². The Kier molecular flexibility index (Phi) is 6.28. The molecule has 0 saturated heterocycles. The van der Waals surface area contributed by atoms with Crippen LogP contribution in [0, 0.1) is 6.92 Å². The van der Waals surface area contributed by atoms with Gasteiger partial charge in [-0.2, -0.15) is 0 Å². The summed E-state index contributed by atoms with van der Waals surface area (Å²) in [6.07, 6.45) is 0. The topological polar surface area (TPSA) is 108 Å². The Labute approximate surface area is 192 Å². The average molecular weight is 446 g/mol. The van der Waals surface area contributed by atoms with E-state index in [1.165, 1.54) is 4.90 Å². The molecule has 0 saturated carbocycles. The molecule has 170 valence electrons. The SMILES string of the molecule is CNCC(=O)NC1CN(C(N)=O)c2ccccc2N(Cc2c(C)ccc3ccccc23)C1=O. The highest BCUT2D eigenvalue weighted by atomic mass is 16.2. The molecule has 0 radical (unpaired) electrons. The number of nitrogens with two attached hydrogens (primary N) is 1. The van der Waals surface area contributed by atoms with Crippen molar-refractivity contribution in [3.63, 3.8) is 0 Å². The quantitative estimate of drug-likeness (QED) is 0.560. The molecule has 4 rings (SSSR count). The van der Waals surface area contributed by atoms with E-state index in [1.807, 2.05) is 43.3 Å². The molecule has 1 aliphatic heterocycles. The van der Waals surface area contributed by atoms with E-state index in [2.05, 4.69) is 16.7 Å². The fourth-order valence-corrected chi connectivity index (χ4v) is 4.28. The Morgan fingerprint density at radius 3 is 2.45 bits per heavy atom. The lowest BCUT2D eigenvalue weighted by Gasteiger charge is -2.27. The summed E-state index contributed by atoms with van der Waals surface area (Å²) in [6.45, 7) is 2.30. The number of carbonyl (C=O) groups is 3. The molecule has 0 fully saturated rings. The first-order valence-corrected chi connectivity index (χ1v) is 10.8. The number of aryl methyl sites for hydroxylation is 1. The van der Waals surface area contributed by atoms with Crippen LogP contribution in [0.15, 0.2) is 60.7 Å². The molecule has 8 heteroatoms. The van der Waals surface area contributed by atoms with Crippen LogP contribution >= 0.6 is 0 Å². The highest BCUT2D eigenvalue weighted by Crippen LogP contribution is 2.35. The summed E-state index contributed by atoms with van der Waals surface area (Å²) in [5.74, 6) is -0.643. The summed E-state index contributed by atoms with van der Waals surface area (Å²) in [7, 11) is 1.65. The lowest BCUT2D eigenvalue weighted by Crippen LogP contribution is -2.54. The van der Waals surface area contributed by atoms with Gasteiger partial charge in [-0.1, -0.05) is 48.5 Å². The predicted octanol–water partition coefficient (Wildman–Crippen LogP) is 2.28. The van der Waals surface area contributed by atoms with Gasteiger partial charge in [0, 0.05) is 0 Å². The Hall–Kier alpha value is -3.91. The molecule has 0 aromatic heterocycles. The van der Waals surface area contributed by atoms with Gasteiger partial charge in [0.15, 0.2) is 0 Å². The van der Waals surface area contributed by atoms with Crippen molar-refractivity contribution in [1.29, 1.82) is 0 Å². The van der Waals surface area contributed by atoms with Crippen molar-refractivity contribution in [3.05, 3.63) is 71.8 Å². The van der Waals surface area contributed by atoms with Gasteiger partial charge in [-0.25, -0.2) is 4.79 Å². The molecular formula is C25H27N5O3. The van der Waals surface area contributed by atoms with Crippen LogP contribution in [0.3, 0.4) is 0 Å². The maximum atomic E-state index is 13.8. The van der Waals surface area contributed by atoms with Crippen LogP contribution < -0.4 is 26.2 Å². The average Bonchev–Trinajstić information content (AvgIpc) is 2.91. The summed E-state index contributed by atoms with van der Waals surface area (Å²) >= 11 is 0. The second kappa shape index (κ2) is 9.30. The number of hydrogen-bond donors (Lipinski definition) is 3. The van der Waals surface area contributed by atoms with Crippen LogP contribution in [0.2, 0.25) is 0 Å². The second-order valence-electron chi connectivity index (χ2n) is 8.09. The number of nitrogens with zero attached hydrogens (tertiary/aromatic N) is 2. The first kappa shape index (κ1) is 22.3. The van der Waals surface area contributed by atoms with Gasteiger partial charge in [0.2, 0.25) is 5.91 Å². The van der Waals surface area contributed by atoms with Crippen LogP contribution in [-0.2, 0) is 16.1 Å². The van der Waals surface area contributed by atoms with Crippen LogP contribution in [0.25, 0.3) is 10.8 Å². The fraction of sp³-hybridized carbons (Fsp3) is 0.240. The van der Waals surface area contributed by atoms with E-state index in [0.717, 1.165) is 21.9 Å². The molecule has 0 aliphatic carbocycles. The molecule has 4 N–H and O–H groups in total. The highest BCUT2D eigenvalue weighted by molar-refractivity contribution is 6.07. The number of amides is 4. The smallest absolute Gasteiger partial charge is 0.319 e. The molecule has 33 heavy (non-hydrogen) atoms. The zero-order chi connectivity index (χ0) is 23.5. The standard InChI is InChI=1S/C25H27N5O3/c1-16-11-12-17-7-3-4-8-18(17)19(16)14-29-21-9-5-6-10-22(21)30(25(26)33)15-20(24(29)32)28-23(31)13-27-2/h3-12,20,27H,13-15H2,1-2H3,(H2,26,33)(H,28,31). The third-order valence-corrected chi connectivity index (χ3v) is 5.92. The molecule has 1 heterocycles. The molecule has 3 aromatic rings. The van der Waals surface area contributed by atoms with Gasteiger partial charge in [-0.15, -0.1) is 0 Å². The largest absolute Gasteiger partial charge is 0.351 e. The normalized spacial score (nSPS) is 15.8. The number of hydrogen-bond acceptors (Lipinski definition) is 4. The molecule has 3 aromatic carbocycles. The third-order valence-electron chi connectivity index (χ3n) is 5.92. The Morgan fingerprint density at radius 1 is 1.03 bits per heavy atom. The highest BCUT2D eigenvalue weighted by Gasteiger charge is 2.36. The molecule has 0 bridgehead atoms. The number of rotatable bonds is 5. The van der Waals surface area contributed by atoms with E-state index < -0.39 is 12.1 Å². The minimum absolute atomic E-state index is 0.0499. The van der Waals surface area contributed by atoms with Crippen molar-refractivity contribution < 1.29 is 14.4 Å². The first-order chi connectivity index (χ1) is 15.9. The minimum Gasteiger partial charge on any atom is -0.351 e. The van der Waals surface area contributed by atoms with Gasteiger partial charge in [0.05, 0.1) is 31.0 Å². The summed E-state index contributed by atoms with van der Waals surface area (Å²) in [4.78, 5) is 41.4. The van der Waals surface area contributed by atoms with Crippen LogP contribution in [0.5, 0.6) is 0 Å². The first-order valence-electron chi connectivity index (χ1n) is 10.8. The number of nitrogens with one attached hydrogen (secondary N) is 2. The second-order valence-corrected chi connectivity index (χ2v) is 8.09. The van der Waals surface area contributed by atoms with Crippen molar-refractivity contribution in [2.75, 3.05) is 29.9 Å². The number of fused-ring (bicyclic) bond motifs is 2. The van der Waals surface area contributed by atoms with Gasteiger partial charge in [0.25, 0.3) is 5.91 Å². The Morgan fingerprint density at radius 2 is 1.73 bits per heavy atom. The number of urea groups is 1. The summed E-state index contributed by atoms with van der Waals surface area (Å²) in [5.41, 5.74) is 8.83. The third kappa shape index (κ3) is 4.38. The van der Waals surface area contributed by atoms with E-state index in [1.54, 1.807) is 30.1 Å². The van der Waals surface area contributed by atoms with Crippen molar-refractivity contribution >= 4 is 40.0 Å². The van der Waals surface area contributed by atoms with Crippen molar-refractivity contribution in [3.8, 4) is 0 Å². The Bertz CT molecular complexity index is 1230. The summed E-state index contributed by atoms with van der Waals surface area (Å²) in [6, 6.07) is 17.6. The number of likely N-dealkylation sites (N-methyl/N-ethyl adjacent to an activating group) is 1. The number of carbonyl (C=O) groups excluding carboxylic acids is 3. The van der Waals surface area contributed by atoms with E-state index in [4.69, 9.17) is 5.73 Å². The number of anilines is 2. The predicted molar refractivity (Wildman–Crippen MR) is 129 cm³/mol. The fourth-order valence-electron chi connectivity index (χ4n) is 4.28. The lowest BCUT2D eigenvalue weighted by molar-refractivity contribution is -0.126. The van der Waals surface area contributed by atoms with Gasteiger partial charge in [0.1, 0.15) is 6.04 Å². The maximum Gasteiger partial charge on any atom is 0.319 e. The van der Waals surface area contributed by atoms with Gasteiger partial charge < -0.3 is 21.3 Å². The zero-order valence-corrected chi connectivity index (χ0v) is 18.7. The number of para-hydroxylation sites is 2. The molecule has 4 amide bonds. The molecule has 1 aliphatic rings. The van der Waals surface area contributed by atoms with Crippen LogP contribution in [0.4, 0.5) is 16.2 Å². The number of benzene rings is 3. The van der Waals surface area contributed by atoms with E-state index >= 15 is 0 Å². The maximum absolute atomic E-state index is 13.8. The molecule has 0 spiro atoms. The van der Waals surface area contributed by atoms with Crippen LogP contribution in [-0.4, -0.2) is 44.0 Å². The van der Waals surface area contributed by atoms with Crippen molar-refractivity contribution in [2.24, 2.45) is 5.73 Å². The molecular weight excluding hydrogens is 418 g/mol. The van der Waals surface area contributed by atoms with E-state index in [-0.39, 0.29) is 31.4 Å². The lowest BCUT2D eigenvalue weighted by atomic mass is 9.99. The van der Waals surface area contributed by atoms with Gasteiger partial charge in [-0.05, 0) is 48.0 Å².